The molecule has 0 atom stereocenters. The molecule has 0 saturated carbocycles. The Hall–Kier alpha value is -1.61. The molecule has 0 aliphatic heterocycles. The van der Waals surface area contributed by atoms with E-state index in [4.69, 9.17) is 11.6 Å². The zero-order chi connectivity index (χ0) is 14.1. The van der Waals surface area contributed by atoms with Gasteiger partial charge in [-0.1, -0.05) is 17.7 Å². The average molecular weight is 292 g/mol. The van der Waals surface area contributed by atoms with Crippen molar-refractivity contribution in [2.24, 2.45) is 0 Å². The molecule has 1 heterocycles. The lowest BCUT2D eigenvalue weighted by atomic mass is 10.1. The largest absolute Gasteiger partial charge is 0.349 e. The Kier molecular flexibility index (Phi) is 3.62. The minimum atomic E-state index is -0.408. The Bertz CT molecular complexity index is 662. The van der Waals surface area contributed by atoms with Gasteiger partial charge in [-0.05, 0) is 42.5 Å². The Balaban J connectivity index is 1.86. The van der Waals surface area contributed by atoms with E-state index in [0.29, 0.717) is 13.0 Å². The van der Waals surface area contributed by atoms with Crippen molar-refractivity contribution < 1.29 is 9.18 Å². The lowest BCUT2D eigenvalue weighted by Crippen LogP contribution is -1.99. The first-order chi connectivity index (χ1) is 9.63. The first-order valence-corrected chi connectivity index (χ1v) is 7.17. The summed E-state index contributed by atoms with van der Waals surface area (Å²) in [6, 6.07) is 4.72. The second kappa shape index (κ2) is 5.41. The van der Waals surface area contributed by atoms with Gasteiger partial charge in [0.25, 0.3) is 0 Å². The van der Waals surface area contributed by atoms with Crippen LogP contribution in [0.4, 0.5) is 4.39 Å². The van der Waals surface area contributed by atoms with Gasteiger partial charge in [-0.2, -0.15) is 0 Å². The summed E-state index contributed by atoms with van der Waals surface area (Å²) in [5.74, 6) is -0.178. The Morgan fingerprint density at radius 1 is 1.20 bits per heavy atom. The highest BCUT2D eigenvalue weighted by molar-refractivity contribution is 6.30. The zero-order valence-corrected chi connectivity index (χ0v) is 11.8. The van der Waals surface area contributed by atoms with Crippen LogP contribution in [0.2, 0.25) is 5.02 Å². The van der Waals surface area contributed by atoms with E-state index in [1.54, 1.807) is 12.1 Å². The van der Waals surface area contributed by atoms with Crippen LogP contribution in [0.3, 0.4) is 0 Å². The standard InChI is InChI=1S/C16H15ClFNO/c17-14-7-11(5-6-15(14)18)8-19-9-12-3-1-2-4-16(20)13(12)10-19/h5-7,9-10H,1-4,8H2. The summed E-state index contributed by atoms with van der Waals surface area (Å²) in [5, 5.41) is 0.132. The summed E-state index contributed by atoms with van der Waals surface area (Å²) < 4.78 is 15.1. The minimum Gasteiger partial charge on any atom is -0.349 e. The molecule has 0 unspecified atom stereocenters. The van der Waals surface area contributed by atoms with Crippen molar-refractivity contribution in [1.82, 2.24) is 4.57 Å². The van der Waals surface area contributed by atoms with Crippen molar-refractivity contribution in [2.75, 3.05) is 0 Å². The maximum absolute atomic E-state index is 13.1. The Morgan fingerprint density at radius 3 is 2.80 bits per heavy atom. The van der Waals surface area contributed by atoms with E-state index in [1.165, 1.54) is 6.07 Å². The predicted octanol–water partition coefficient (Wildman–Crippen LogP) is 4.24. The number of ketones is 1. The van der Waals surface area contributed by atoms with E-state index in [0.717, 1.165) is 36.0 Å². The molecule has 1 aliphatic rings. The number of carbonyl (C=O) groups is 1. The van der Waals surface area contributed by atoms with Gasteiger partial charge in [-0.3, -0.25) is 4.79 Å². The summed E-state index contributed by atoms with van der Waals surface area (Å²) in [4.78, 5) is 12.0. The number of aromatic nitrogens is 1. The molecule has 0 saturated heterocycles. The lowest BCUT2D eigenvalue weighted by Gasteiger charge is -2.04. The van der Waals surface area contributed by atoms with Crippen LogP contribution in [-0.4, -0.2) is 10.4 Å². The number of carbonyl (C=O) groups excluding carboxylic acids is 1. The highest BCUT2D eigenvalue weighted by Gasteiger charge is 2.17. The van der Waals surface area contributed by atoms with Gasteiger partial charge in [0.2, 0.25) is 0 Å². The number of nitrogens with zero attached hydrogens (tertiary/aromatic N) is 1. The van der Waals surface area contributed by atoms with Crippen LogP contribution in [0.25, 0.3) is 0 Å². The maximum atomic E-state index is 13.1. The third-order valence-electron chi connectivity index (χ3n) is 3.71. The molecule has 20 heavy (non-hydrogen) atoms. The van der Waals surface area contributed by atoms with E-state index in [9.17, 15) is 9.18 Å². The molecule has 0 fully saturated rings. The molecule has 2 aromatic rings. The van der Waals surface area contributed by atoms with Gasteiger partial charge in [0, 0.05) is 30.9 Å². The van der Waals surface area contributed by atoms with Gasteiger partial charge >= 0.3 is 0 Å². The molecule has 1 aromatic carbocycles. The molecule has 4 heteroatoms. The van der Waals surface area contributed by atoms with Crippen molar-refractivity contribution >= 4 is 17.4 Å². The molecular formula is C16H15ClFNO. The number of aryl methyl sites for hydroxylation is 1. The van der Waals surface area contributed by atoms with E-state index in [-0.39, 0.29) is 10.8 Å². The second-order valence-corrected chi connectivity index (χ2v) is 5.66. The highest BCUT2D eigenvalue weighted by atomic mass is 35.5. The number of Topliss-reactive ketones (excluding diaryl/α,β-unsaturated/α-hetero) is 1. The first kappa shape index (κ1) is 13.4. The number of benzene rings is 1. The normalized spacial score (nSPS) is 15.0. The van der Waals surface area contributed by atoms with E-state index in [2.05, 4.69) is 0 Å². The minimum absolute atomic E-state index is 0.132. The number of hydrogen-bond donors (Lipinski definition) is 0. The lowest BCUT2D eigenvalue weighted by molar-refractivity contribution is 0.0982. The predicted molar refractivity (Wildman–Crippen MR) is 76.8 cm³/mol. The fraction of sp³-hybridized carbons (Fsp3) is 0.312. The number of hydrogen-bond acceptors (Lipinski definition) is 1. The molecule has 0 spiro atoms. The van der Waals surface area contributed by atoms with Gasteiger partial charge < -0.3 is 4.57 Å². The number of halogens is 2. The van der Waals surface area contributed by atoms with Crippen LogP contribution in [0.5, 0.6) is 0 Å². The molecule has 1 aliphatic carbocycles. The van der Waals surface area contributed by atoms with Crippen molar-refractivity contribution in [3.63, 3.8) is 0 Å². The van der Waals surface area contributed by atoms with Crippen LogP contribution in [0.15, 0.2) is 30.6 Å². The van der Waals surface area contributed by atoms with Crippen LogP contribution >= 0.6 is 11.6 Å². The Morgan fingerprint density at radius 2 is 2.00 bits per heavy atom. The van der Waals surface area contributed by atoms with Crippen LogP contribution in [-0.2, 0) is 13.0 Å². The highest BCUT2D eigenvalue weighted by Crippen LogP contribution is 2.23. The quantitative estimate of drug-likeness (QED) is 0.759. The van der Waals surface area contributed by atoms with Gasteiger partial charge in [0.1, 0.15) is 5.82 Å². The summed E-state index contributed by atoms with van der Waals surface area (Å²) in [6.45, 7) is 0.598. The fourth-order valence-corrected chi connectivity index (χ4v) is 2.88. The average Bonchev–Trinajstić information content (AvgIpc) is 2.74. The fourth-order valence-electron chi connectivity index (χ4n) is 2.68. The van der Waals surface area contributed by atoms with Gasteiger partial charge in [0.15, 0.2) is 5.78 Å². The van der Waals surface area contributed by atoms with Crippen molar-refractivity contribution in [3.05, 3.63) is 58.1 Å². The number of fused-ring (bicyclic) bond motifs is 1. The third-order valence-corrected chi connectivity index (χ3v) is 4.00. The SMILES string of the molecule is O=C1CCCCc2cn(Cc3ccc(F)c(Cl)c3)cc21. The van der Waals surface area contributed by atoms with Gasteiger partial charge in [-0.15, -0.1) is 0 Å². The molecule has 0 amide bonds. The molecule has 3 rings (SSSR count). The molecule has 0 N–H and O–H groups in total. The molecular weight excluding hydrogens is 277 g/mol. The summed E-state index contributed by atoms with van der Waals surface area (Å²) in [6.07, 6.45) is 7.56. The smallest absolute Gasteiger partial charge is 0.164 e. The van der Waals surface area contributed by atoms with E-state index < -0.39 is 5.82 Å². The molecule has 2 nitrogen and oxygen atoms in total. The van der Waals surface area contributed by atoms with Gasteiger partial charge in [-0.25, -0.2) is 4.39 Å². The molecule has 1 aromatic heterocycles. The summed E-state index contributed by atoms with van der Waals surface area (Å²) >= 11 is 5.79. The second-order valence-electron chi connectivity index (χ2n) is 5.25. The van der Waals surface area contributed by atoms with Crippen molar-refractivity contribution in [2.45, 2.75) is 32.2 Å². The van der Waals surface area contributed by atoms with Crippen LogP contribution in [0.1, 0.15) is 40.7 Å². The van der Waals surface area contributed by atoms with Crippen molar-refractivity contribution in [3.8, 4) is 0 Å². The molecule has 104 valence electrons. The zero-order valence-electron chi connectivity index (χ0n) is 11.0. The summed E-state index contributed by atoms with van der Waals surface area (Å²) in [5.41, 5.74) is 2.89. The van der Waals surface area contributed by atoms with Crippen molar-refractivity contribution in [1.29, 1.82) is 0 Å². The molecule has 0 bridgehead atoms. The monoisotopic (exact) mass is 291 g/mol. The van der Waals surface area contributed by atoms with Gasteiger partial charge in [0.05, 0.1) is 5.02 Å². The molecule has 0 radical (unpaired) electrons. The topological polar surface area (TPSA) is 22.0 Å². The van der Waals surface area contributed by atoms with E-state index >= 15 is 0 Å². The van der Waals surface area contributed by atoms with Crippen LogP contribution in [0, 0.1) is 5.82 Å². The summed E-state index contributed by atoms with van der Waals surface area (Å²) in [7, 11) is 0. The van der Waals surface area contributed by atoms with E-state index in [1.807, 2.05) is 17.0 Å². The maximum Gasteiger partial charge on any atom is 0.164 e. The number of rotatable bonds is 2. The Labute approximate surface area is 122 Å². The third kappa shape index (κ3) is 2.63. The van der Waals surface area contributed by atoms with Crippen LogP contribution < -0.4 is 0 Å². The first-order valence-electron chi connectivity index (χ1n) is 6.79.